The number of rotatable bonds is 2. The summed E-state index contributed by atoms with van der Waals surface area (Å²) < 4.78 is 1.24. The minimum atomic E-state index is 0.438. The van der Waals surface area contributed by atoms with Crippen molar-refractivity contribution in [2.75, 3.05) is 11.9 Å². The lowest BCUT2D eigenvalue weighted by molar-refractivity contribution is 0.966. The SMILES string of the molecule is Ic1ccc(NC2=NCC(c3ccccc3)S2)cc1. The molecule has 0 aliphatic carbocycles. The van der Waals surface area contributed by atoms with E-state index in [-0.39, 0.29) is 0 Å². The molecule has 2 aromatic rings. The number of halogens is 1. The monoisotopic (exact) mass is 380 g/mol. The van der Waals surface area contributed by atoms with Crippen LogP contribution in [-0.2, 0) is 0 Å². The zero-order valence-corrected chi connectivity index (χ0v) is 13.2. The topological polar surface area (TPSA) is 24.4 Å². The van der Waals surface area contributed by atoms with Gasteiger partial charge in [-0.1, -0.05) is 42.1 Å². The highest BCUT2D eigenvalue weighted by Crippen LogP contribution is 2.35. The number of anilines is 1. The summed E-state index contributed by atoms with van der Waals surface area (Å²) in [6.07, 6.45) is 0. The predicted octanol–water partition coefficient (Wildman–Crippen LogP) is 4.55. The molecule has 4 heteroatoms. The second-order valence-corrected chi connectivity index (χ2v) is 6.73. The van der Waals surface area contributed by atoms with Gasteiger partial charge in [-0.05, 0) is 52.4 Å². The molecule has 0 amide bonds. The standard InChI is InChI=1S/C15H13IN2S/c16-12-6-8-13(9-7-12)18-15-17-10-14(19-15)11-4-2-1-3-5-11/h1-9,14H,10H2,(H,17,18). The lowest BCUT2D eigenvalue weighted by Crippen LogP contribution is -2.05. The van der Waals surface area contributed by atoms with Crippen LogP contribution in [0.4, 0.5) is 5.69 Å². The third-order valence-corrected chi connectivity index (χ3v) is 4.80. The van der Waals surface area contributed by atoms with E-state index in [0.29, 0.717) is 5.25 Å². The Hall–Kier alpha value is -1.01. The fourth-order valence-corrected chi connectivity index (χ4v) is 3.34. The highest BCUT2D eigenvalue weighted by atomic mass is 127. The normalized spacial score (nSPS) is 18.2. The molecule has 1 heterocycles. The summed E-state index contributed by atoms with van der Waals surface area (Å²) in [5.74, 6) is 0. The minimum Gasteiger partial charge on any atom is -0.335 e. The van der Waals surface area contributed by atoms with E-state index in [4.69, 9.17) is 0 Å². The number of aliphatic imine (C=N–C) groups is 1. The summed E-state index contributed by atoms with van der Waals surface area (Å²) >= 11 is 4.11. The third-order valence-electron chi connectivity index (χ3n) is 2.92. The molecule has 0 bridgehead atoms. The maximum atomic E-state index is 4.58. The van der Waals surface area contributed by atoms with Crippen molar-refractivity contribution in [2.24, 2.45) is 4.99 Å². The summed E-state index contributed by atoms with van der Waals surface area (Å²) in [5.41, 5.74) is 2.44. The van der Waals surface area contributed by atoms with Gasteiger partial charge in [0.1, 0.15) is 0 Å². The molecule has 1 atom stereocenters. The number of benzene rings is 2. The Morgan fingerprint density at radius 1 is 1.05 bits per heavy atom. The summed E-state index contributed by atoms with van der Waals surface area (Å²) in [6, 6.07) is 18.9. The van der Waals surface area contributed by atoms with Crippen molar-refractivity contribution < 1.29 is 0 Å². The highest BCUT2D eigenvalue weighted by molar-refractivity contribution is 14.1. The Morgan fingerprint density at radius 2 is 1.79 bits per heavy atom. The maximum absolute atomic E-state index is 4.58. The lowest BCUT2D eigenvalue weighted by atomic mass is 10.1. The molecule has 1 aliphatic heterocycles. The third kappa shape index (κ3) is 3.30. The number of hydrogen-bond acceptors (Lipinski definition) is 3. The summed E-state index contributed by atoms with van der Waals surface area (Å²) in [6.45, 7) is 0.849. The lowest BCUT2D eigenvalue weighted by Gasteiger charge is -2.09. The summed E-state index contributed by atoms with van der Waals surface area (Å²) in [7, 11) is 0. The number of nitrogens with one attached hydrogen (secondary N) is 1. The van der Waals surface area contributed by atoms with Crippen molar-refractivity contribution in [3.63, 3.8) is 0 Å². The van der Waals surface area contributed by atoms with E-state index in [2.05, 4.69) is 87.5 Å². The number of amidine groups is 1. The Kier molecular flexibility index (Phi) is 4.08. The van der Waals surface area contributed by atoms with E-state index in [9.17, 15) is 0 Å². The Balaban J connectivity index is 1.64. The average molecular weight is 380 g/mol. The first-order valence-corrected chi connectivity index (χ1v) is 8.06. The summed E-state index contributed by atoms with van der Waals surface area (Å²) in [5, 5.41) is 4.82. The van der Waals surface area contributed by atoms with E-state index in [0.717, 1.165) is 17.4 Å². The molecule has 96 valence electrons. The first-order valence-electron chi connectivity index (χ1n) is 6.10. The first-order chi connectivity index (χ1) is 9.31. The molecular formula is C15H13IN2S. The van der Waals surface area contributed by atoms with Crippen LogP contribution in [0.25, 0.3) is 0 Å². The number of nitrogens with zero attached hydrogens (tertiary/aromatic N) is 1. The molecule has 0 spiro atoms. The van der Waals surface area contributed by atoms with E-state index >= 15 is 0 Å². The Labute approximate surface area is 130 Å². The molecule has 0 saturated carbocycles. The highest BCUT2D eigenvalue weighted by Gasteiger charge is 2.20. The van der Waals surface area contributed by atoms with Gasteiger partial charge >= 0.3 is 0 Å². The fourth-order valence-electron chi connectivity index (χ4n) is 1.94. The molecular weight excluding hydrogens is 367 g/mol. The number of hydrogen-bond donors (Lipinski definition) is 1. The Morgan fingerprint density at radius 3 is 2.53 bits per heavy atom. The smallest absolute Gasteiger partial charge is 0.161 e. The van der Waals surface area contributed by atoms with Gasteiger partial charge in [-0.2, -0.15) is 0 Å². The maximum Gasteiger partial charge on any atom is 0.161 e. The molecule has 19 heavy (non-hydrogen) atoms. The van der Waals surface area contributed by atoms with Gasteiger partial charge < -0.3 is 5.32 Å². The molecule has 1 N–H and O–H groups in total. The van der Waals surface area contributed by atoms with Crippen LogP contribution in [0, 0.1) is 3.57 Å². The molecule has 1 unspecified atom stereocenters. The van der Waals surface area contributed by atoms with E-state index in [1.807, 2.05) is 0 Å². The first kappa shape index (κ1) is 13.0. The van der Waals surface area contributed by atoms with Gasteiger partial charge in [-0.3, -0.25) is 4.99 Å². The zero-order chi connectivity index (χ0) is 13.1. The van der Waals surface area contributed by atoms with Gasteiger partial charge in [0.05, 0.1) is 11.8 Å². The van der Waals surface area contributed by atoms with Crippen LogP contribution in [0.5, 0.6) is 0 Å². The van der Waals surface area contributed by atoms with Crippen molar-refractivity contribution in [3.05, 3.63) is 63.7 Å². The molecule has 3 rings (SSSR count). The molecule has 1 aliphatic rings. The second-order valence-electron chi connectivity index (χ2n) is 4.29. The Bertz CT molecular complexity index is 581. The van der Waals surface area contributed by atoms with E-state index in [1.165, 1.54) is 9.13 Å². The quantitative estimate of drug-likeness (QED) is 0.774. The van der Waals surface area contributed by atoms with Crippen LogP contribution < -0.4 is 5.32 Å². The van der Waals surface area contributed by atoms with E-state index < -0.39 is 0 Å². The van der Waals surface area contributed by atoms with Gasteiger partial charge in [0.25, 0.3) is 0 Å². The van der Waals surface area contributed by atoms with Crippen LogP contribution in [-0.4, -0.2) is 11.7 Å². The van der Waals surface area contributed by atoms with Crippen LogP contribution in [0.2, 0.25) is 0 Å². The van der Waals surface area contributed by atoms with Crippen molar-refractivity contribution in [2.45, 2.75) is 5.25 Å². The molecule has 0 fully saturated rings. The van der Waals surface area contributed by atoms with Gasteiger partial charge in [-0.25, -0.2) is 0 Å². The van der Waals surface area contributed by atoms with Gasteiger partial charge in [0.2, 0.25) is 0 Å². The minimum absolute atomic E-state index is 0.438. The molecule has 2 aromatic carbocycles. The fraction of sp³-hybridized carbons (Fsp3) is 0.133. The van der Waals surface area contributed by atoms with Gasteiger partial charge in [0.15, 0.2) is 5.17 Å². The zero-order valence-electron chi connectivity index (χ0n) is 10.2. The predicted molar refractivity (Wildman–Crippen MR) is 91.9 cm³/mol. The molecule has 0 saturated heterocycles. The van der Waals surface area contributed by atoms with Crippen LogP contribution >= 0.6 is 34.4 Å². The second kappa shape index (κ2) is 5.96. The average Bonchev–Trinajstić information content (AvgIpc) is 2.91. The van der Waals surface area contributed by atoms with Crippen LogP contribution in [0.1, 0.15) is 10.8 Å². The van der Waals surface area contributed by atoms with Crippen molar-refractivity contribution in [3.8, 4) is 0 Å². The number of thioether (sulfide) groups is 1. The van der Waals surface area contributed by atoms with Gasteiger partial charge in [0, 0.05) is 9.26 Å². The van der Waals surface area contributed by atoms with Crippen molar-refractivity contribution in [1.82, 2.24) is 0 Å². The largest absolute Gasteiger partial charge is 0.335 e. The molecule has 0 radical (unpaired) electrons. The van der Waals surface area contributed by atoms with Crippen molar-refractivity contribution in [1.29, 1.82) is 0 Å². The van der Waals surface area contributed by atoms with Gasteiger partial charge in [-0.15, -0.1) is 0 Å². The molecule has 2 nitrogen and oxygen atoms in total. The summed E-state index contributed by atoms with van der Waals surface area (Å²) in [4.78, 5) is 4.58. The van der Waals surface area contributed by atoms with Crippen molar-refractivity contribution >= 4 is 45.2 Å². The van der Waals surface area contributed by atoms with E-state index in [1.54, 1.807) is 11.8 Å². The molecule has 0 aromatic heterocycles. The van der Waals surface area contributed by atoms with Crippen LogP contribution in [0.3, 0.4) is 0 Å². The van der Waals surface area contributed by atoms with Crippen LogP contribution in [0.15, 0.2) is 59.6 Å².